The van der Waals surface area contributed by atoms with Crippen molar-refractivity contribution in [1.82, 2.24) is 14.8 Å². The molecule has 1 fully saturated rings. The molecular weight excluding hydrogens is 473 g/mol. The maximum Gasteiger partial charge on any atom is 0.265 e. The summed E-state index contributed by atoms with van der Waals surface area (Å²) in [6, 6.07) is 10.1. The molecule has 5 nitrogen and oxygen atoms in total. The van der Waals surface area contributed by atoms with Crippen LogP contribution in [-0.2, 0) is 9.59 Å². The van der Waals surface area contributed by atoms with Crippen LogP contribution in [0.4, 0.5) is 0 Å². The summed E-state index contributed by atoms with van der Waals surface area (Å²) < 4.78 is 3.24. The summed E-state index contributed by atoms with van der Waals surface area (Å²) in [6.07, 6.45) is 3.20. The van der Waals surface area contributed by atoms with E-state index in [0.717, 1.165) is 26.2 Å². The predicted molar refractivity (Wildman–Crippen MR) is 119 cm³/mol. The minimum absolute atomic E-state index is 0.0633. The molecule has 3 rings (SSSR count). The van der Waals surface area contributed by atoms with Gasteiger partial charge in [-0.1, -0.05) is 12.1 Å². The number of amides is 2. The first-order valence-corrected chi connectivity index (χ1v) is 9.77. The lowest BCUT2D eigenvalue weighted by Gasteiger charge is -2.27. The van der Waals surface area contributed by atoms with Gasteiger partial charge in [0.1, 0.15) is 5.57 Å². The number of rotatable bonds is 4. The van der Waals surface area contributed by atoms with Gasteiger partial charge in [0.25, 0.3) is 11.8 Å². The van der Waals surface area contributed by atoms with Crippen LogP contribution in [0.15, 0.2) is 48.6 Å². The standard InChI is InChI=1S/C20H18IN3O2S/c1-4-8-23-19(26)17(18(25)22-20(23)27)10-14-9-12(2)24(13(14)3)16-7-5-6-15(21)11-16/h4-7,9-11H,1,8H2,2-3H3,(H,22,25,27). The number of aryl methyl sites for hydroxylation is 1. The molecular formula is C20H18IN3O2S. The topological polar surface area (TPSA) is 54.3 Å². The maximum absolute atomic E-state index is 12.7. The van der Waals surface area contributed by atoms with Crippen molar-refractivity contribution in [3.8, 4) is 5.69 Å². The molecule has 2 aromatic rings. The minimum atomic E-state index is -0.482. The molecule has 0 aliphatic carbocycles. The summed E-state index contributed by atoms with van der Waals surface area (Å²) in [5.41, 5.74) is 3.88. The summed E-state index contributed by atoms with van der Waals surface area (Å²) in [5.74, 6) is -0.896. The maximum atomic E-state index is 12.7. The zero-order valence-corrected chi connectivity index (χ0v) is 17.9. The Balaban J connectivity index is 2.06. The molecule has 0 atom stereocenters. The fraction of sp³-hybridized carbons (Fsp3) is 0.150. The van der Waals surface area contributed by atoms with Gasteiger partial charge in [-0.05, 0) is 84.6 Å². The van der Waals surface area contributed by atoms with Crippen LogP contribution in [0.5, 0.6) is 0 Å². The number of hydrogen-bond acceptors (Lipinski definition) is 3. The average Bonchev–Trinajstić information content (AvgIpc) is 2.89. The van der Waals surface area contributed by atoms with Gasteiger partial charge in [0.15, 0.2) is 5.11 Å². The quantitative estimate of drug-likeness (QED) is 0.234. The van der Waals surface area contributed by atoms with Crippen LogP contribution in [0, 0.1) is 17.4 Å². The Hall–Kier alpha value is -2.26. The van der Waals surface area contributed by atoms with Gasteiger partial charge in [-0.15, -0.1) is 6.58 Å². The monoisotopic (exact) mass is 491 g/mol. The molecule has 1 aromatic carbocycles. The molecule has 0 saturated carbocycles. The highest BCUT2D eigenvalue weighted by Gasteiger charge is 2.32. The van der Waals surface area contributed by atoms with Crippen LogP contribution in [-0.4, -0.2) is 32.9 Å². The second-order valence-corrected chi connectivity index (χ2v) is 7.80. The number of halogens is 1. The largest absolute Gasteiger partial charge is 0.318 e. The van der Waals surface area contributed by atoms with Gasteiger partial charge >= 0.3 is 0 Å². The normalized spacial score (nSPS) is 16.0. The van der Waals surface area contributed by atoms with Crippen LogP contribution in [0.25, 0.3) is 11.8 Å². The van der Waals surface area contributed by atoms with Crippen molar-refractivity contribution in [1.29, 1.82) is 0 Å². The lowest BCUT2D eigenvalue weighted by atomic mass is 10.1. The number of benzene rings is 1. The van der Waals surface area contributed by atoms with E-state index in [4.69, 9.17) is 12.2 Å². The molecule has 0 bridgehead atoms. The molecule has 0 unspecified atom stereocenters. The van der Waals surface area contributed by atoms with Gasteiger partial charge in [-0.25, -0.2) is 0 Å². The van der Waals surface area contributed by atoms with Crippen LogP contribution >= 0.6 is 34.8 Å². The Morgan fingerprint density at radius 3 is 2.67 bits per heavy atom. The molecule has 0 spiro atoms. The highest BCUT2D eigenvalue weighted by atomic mass is 127. The zero-order chi connectivity index (χ0) is 19.7. The molecule has 138 valence electrons. The van der Waals surface area contributed by atoms with E-state index in [2.05, 4.69) is 45.1 Å². The molecule has 27 heavy (non-hydrogen) atoms. The van der Waals surface area contributed by atoms with E-state index >= 15 is 0 Å². The Bertz CT molecular complexity index is 1010. The number of carbonyl (C=O) groups is 2. The number of carbonyl (C=O) groups excluding carboxylic acids is 2. The van der Waals surface area contributed by atoms with E-state index in [-0.39, 0.29) is 17.2 Å². The van der Waals surface area contributed by atoms with E-state index in [1.54, 1.807) is 12.2 Å². The van der Waals surface area contributed by atoms with Crippen LogP contribution < -0.4 is 5.32 Å². The molecule has 2 heterocycles. The number of hydrogen-bond donors (Lipinski definition) is 1. The molecule has 1 aliphatic rings. The molecule has 2 amide bonds. The summed E-state index contributed by atoms with van der Waals surface area (Å²) in [6.45, 7) is 7.84. The number of aromatic nitrogens is 1. The first kappa shape index (κ1) is 19.5. The second kappa shape index (κ2) is 7.77. The van der Waals surface area contributed by atoms with E-state index in [0.29, 0.717) is 0 Å². The van der Waals surface area contributed by atoms with E-state index < -0.39 is 11.8 Å². The summed E-state index contributed by atoms with van der Waals surface area (Å²) >= 11 is 7.36. The fourth-order valence-electron chi connectivity index (χ4n) is 3.09. The Morgan fingerprint density at radius 2 is 2.00 bits per heavy atom. The zero-order valence-electron chi connectivity index (χ0n) is 15.0. The number of thiocarbonyl (C=S) groups is 1. The Morgan fingerprint density at radius 1 is 1.26 bits per heavy atom. The Kier molecular flexibility index (Phi) is 5.61. The third kappa shape index (κ3) is 3.74. The highest BCUT2D eigenvalue weighted by Crippen LogP contribution is 2.25. The van der Waals surface area contributed by atoms with Crippen LogP contribution in [0.1, 0.15) is 17.0 Å². The smallest absolute Gasteiger partial charge is 0.265 e. The summed E-state index contributed by atoms with van der Waals surface area (Å²) in [4.78, 5) is 26.4. The van der Waals surface area contributed by atoms with Crippen LogP contribution in [0.3, 0.4) is 0 Å². The van der Waals surface area contributed by atoms with E-state index in [1.807, 2.05) is 38.1 Å². The van der Waals surface area contributed by atoms with Gasteiger partial charge in [0.2, 0.25) is 0 Å². The Labute approximate surface area is 176 Å². The van der Waals surface area contributed by atoms with Gasteiger partial charge in [0.05, 0.1) is 0 Å². The molecule has 1 aromatic heterocycles. The van der Waals surface area contributed by atoms with Gasteiger partial charge in [0, 0.05) is 27.2 Å². The van der Waals surface area contributed by atoms with Crippen molar-refractivity contribution >= 4 is 57.8 Å². The third-order valence-corrected chi connectivity index (χ3v) is 5.33. The molecule has 1 N–H and O–H groups in total. The fourth-order valence-corrected chi connectivity index (χ4v) is 3.87. The van der Waals surface area contributed by atoms with E-state index in [1.165, 1.54) is 4.90 Å². The van der Waals surface area contributed by atoms with Gasteiger partial charge < -0.3 is 4.57 Å². The third-order valence-electron chi connectivity index (χ3n) is 4.33. The first-order valence-electron chi connectivity index (χ1n) is 8.28. The second-order valence-electron chi connectivity index (χ2n) is 6.16. The van der Waals surface area contributed by atoms with Crippen LogP contribution in [0.2, 0.25) is 0 Å². The summed E-state index contributed by atoms with van der Waals surface area (Å²) in [7, 11) is 0. The number of nitrogens with one attached hydrogen (secondary N) is 1. The SMILES string of the molecule is C=CCN1C(=O)C(=Cc2cc(C)n(-c3cccc(I)c3)c2C)C(=O)NC1=S. The van der Waals surface area contributed by atoms with Crippen molar-refractivity contribution < 1.29 is 9.59 Å². The van der Waals surface area contributed by atoms with Gasteiger partial charge in [-0.3, -0.25) is 19.8 Å². The summed E-state index contributed by atoms with van der Waals surface area (Å²) in [5, 5.41) is 2.67. The molecule has 7 heteroatoms. The van der Waals surface area contributed by atoms with Crippen molar-refractivity contribution in [3.05, 3.63) is 69.1 Å². The van der Waals surface area contributed by atoms with Gasteiger partial charge in [-0.2, -0.15) is 0 Å². The first-order chi connectivity index (χ1) is 12.8. The highest BCUT2D eigenvalue weighted by molar-refractivity contribution is 14.1. The van der Waals surface area contributed by atoms with Crippen molar-refractivity contribution in [3.63, 3.8) is 0 Å². The van der Waals surface area contributed by atoms with Crippen molar-refractivity contribution in [2.75, 3.05) is 6.54 Å². The van der Waals surface area contributed by atoms with Crippen molar-refractivity contribution in [2.45, 2.75) is 13.8 Å². The van der Waals surface area contributed by atoms with E-state index in [9.17, 15) is 9.59 Å². The minimum Gasteiger partial charge on any atom is -0.318 e. The lowest BCUT2D eigenvalue weighted by molar-refractivity contribution is -0.128. The molecule has 1 saturated heterocycles. The molecule has 1 aliphatic heterocycles. The van der Waals surface area contributed by atoms with Crippen molar-refractivity contribution in [2.24, 2.45) is 0 Å². The average molecular weight is 491 g/mol. The predicted octanol–water partition coefficient (Wildman–Crippen LogP) is 3.51. The molecule has 0 radical (unpaired) electrons. The number of nitrogens with zero attached hydrogens (tertiary/aromatic N) is 2. The lowest BCUT2D eigenvalue weighted by Crippen LogP contribution is -2.53.